The van der Waals surface area contributed by atoms with Gasteiger partial charge in [-0.2, -0.15) is 0 Å². The fraction of sp³-hybridized carbons (Fsp3) is 0.500. The van der Waals surface area contributed by atoms with E-state index in [0.717, 1.165) is 30.2 Å². The molecular weight excluding hydrogens is 200 g/mol. The van der Waals surface area contributed by atoms with Crippen molar-refractivity contribution in [2.75, 3.05) is 0 Å². The van der Waals surface area contributed by atoms with E-state index in [2.05, 4.69) is 33.4 Å². The molecule has 0 amide bonds. The molecule has 2 heterocycles. The number of aryl methyl sites for hydroxylation is 4. The second-order valence-electron chi connectivity index (χ2n) is 3.71. The molecule has 0 radical (unpaired) electrons. The van der Waals surface area contributed by atoms with Gasteiger partial charge in [0.15, 0.2) is 0 Å². The predicted molar refractivity (Wildman–Crippen MR) is 65.3 cm³/mol. The van der Waals surface area contributed by atoms with Crippen molar-refractivity contribution in [3.63, 3.8) is 0 Å². The molecule has 0 aromatic carbocycles. The molecule has 88 valence electrons. The molecule has 0 aliphatic carbocycles. The molecule has 0 aliphatic heterocycles. The van der Waals surface area contributed by atoms with E-state index in [1.807, 2.05) is 32.6 Å². The summed E-state index contributed by atoms with van der Waals surface area (Å²) in [6.45, 7) is 9.19. The average molecular weight is 220 g/mol. The van der Waals surface area contributed by atoms with Gasteiger partial charge in [-0.1, -0.05) is 6.92 Å². The van der Waals surface area contributed by atoms with Gasteiger partial charge >= 0.3 is 0 Å². The lowest BCUT2D eigenvalue weighted by Gasteiger charge is -1.88. The second kappa shape index (κ2) is 6.10. The molecule has 4 nitrogen and oxygen atoms in total. The molecule has 2 aromatic heterocycles. The summed E-state index contributed by atoms with van der Waals surface area (Å²) >= 11 is 0. The smallest absolute Gasteiger partial charge is 0.105 e. The van der Waals surface area contributed by atoms with Gasteiger partial charge in [0.05, 0.1) is 12.0 Å². The highest BCUT2D eigenvalue weighted by Crippen LogP contribution is 1.93. The Morgan fingerprint density at radius 3 is 2.25 bits per heavy atom. The molecule has 0 unspecified atom stereocenters. The highest BCUT2D eigenvalue weighted by molar-refractivity contribution is 4.97. The van der Waals surface area contributed by atoms with Gasteiger partial charge in [-0.15, -0.1) is 0 Å². The van der Waals surface area contributed by atoms with Crippen LogP contribution < -0.4 is 0 Å². The average Bonchev–Trinajstić information content (AvgIpc) is 2.88. The highest BCUT2D eigenvalue weighted by Gasteiger charge is 1.89. The third-order valence-electron chi connectivity index (χ3n) is 2.22. The van der Waals surface area contributed by atoms with E-state index in [-0.39, 0.29) is 0 Å². The first-order chi connectivity index (χ1) is 7.65. The summed E-state index contributed by atoms with van der Waals surface area (Å²) < 4.78 is 2.05. The van der Waals surface area contributed by atoms with Gasteiger partial charge in [0.25, 0.3) is 0 Å². The number of aromatic nitrogens is 4. The number of nitrogens with zero attached hydrogens (tertiary/aromatic N) is 3. The summed E-state index contributed by atoms with van der Waals surface area (Å²) in [4.78, 5) is 11.2. The molecule has 0 aliphatic rings. The Morgan fingerprint density at radius 2 is 2.00 bits per heavy atom. The van der Waals surface area contributed by atoms with Crippen LogP contribution in [0.25, 0.3) is 0 Å². The molecule has 0 bridgehead atoms. The van der Waals surface area contributed by atoms with E-state index < -0.39 is 0 Å². The molecule has 2 rings (SSSR count). The summed E-state index contributed by atoms with van der Waals surface area (Å²) in [6, 6.07) is 0. The van der Waals surface area contributed by atoms with Crippen molar-refractivity contribution in [2.45, 2.75) is 40.7 Å². The lowest BCUT2D eigenvalue weighted by atomic mass is 10.5. The highest BCUT2D eigenvalue weighted by atomic mass is 15.0. The van der Waals surface area contributed by atoms with Crippen molar-refractivity contribution in [1.29, 1.82) is 0 Å². The first kappa shape index (κ1) is 12.5. The number of hydrogen-bond donors (Lipinski definition) is 1. The minimum absolute atomic E-state index is 0.994. The van der Waals surface area contributed by atoms with Gasteiger partial charge in [0, 0.05) is 31.1 Å². The quantitative estimate of drug-likeness (QED) is 0.845. The van der Waals surface area contributed by atoms with Gasteiger partial charge < -0.3 is 9.55 Å². The number of H-pyrrole nitrogens is 1. The molecule has 2 aromatic rings. The third-order valence-corrected chi connectivity index (χ3v) is 2.22. The molecule has 4 heteroatoms. The largest absolute Gasteiger partial charge is 0.346 e. The van der Waals surface area contributed by atoms with Crippen LogP contribution in [-0.4, -0.2) is 19.5 Å². The summed E-state index contributed by atoms with van der Waals surface area (Å²) in [7, 11) is 0. The number of rotatable bonds is 2. The van der Waals surface area contributed by atoms with Crippen molar-refractivity contribution in [1.82, 2.24) is 19.5 Å². The topological polar surface area (TPSA) is 46.5 Å². The van der Waals surface area contributed by atoms with Gasteiger partial charge in [0.2, 0.25) is 0 Å². The minimum Gasteiger partial charge on any atom is -0.346 e. The van der Waals surface area contributed by atoms with Gasteiger partial charge in [-0.3, -0.25) is 0 Å². The minimum atomic E-state index is 0.994. The van der Waals surface area contributed by atoms with Crippen molar-refractivity contribution < 1.29 is 0 Å². The van der Waals surface area contributed by atoms with E-state index in [1.165, 1.54) is 0 Å². The van der Waals surface area contributed by atoms with E-state index >= 15 is 0 Å². The zero-order valence-corrected chi connectivity index (χ0v) is 10.5. The third kappa shape index (κ3) is 3.88. The van der Waals surface area contributed by atoms with Crippen LogP contribution in [0.1, 0.15) is 31.1 Å². The first-order valence-corrected chi connectivity index (χ1v) is 5.64. The molecule has 0 saturated heterocycles. The van der Waals surface area contributed by atoms with Crippen molar-refractivity contribution in [2.24, 2.45) is 0 Å². The van der Waals surface area contributed by atoms with Crippen LogP contribution in [0.3, 0.4) is 0 Å². The number of imidazole rings is 2. The Bertz CT molecular complexity index is 374. The predicted octanol–water partition coefficient (Wildman–Crippen LogP) is 2.49. The van der Waals surface area contributed by atoms with Crippen LogP contribution in [0, 0.1) is 13.8 Å². The lowest BCUT2D eigenvalue weighted by molar-refractivity contribution is 0.761. The van der Waals surface area contributed by atoms with Crippen molar-refractivity contribution >= 4 is 0 Å². The van der Waals surface area contributed by atoms with Crippen LogP contribution in [-0.2, 0) is 13.0 Å². The molecule has 1 N–H and O–H groups in total. The number of hydrogen-bond acceptors (Lipinski definition) is 2. The Kier molecular flexibility index (Phi) is 4.76. The normalized spacial score (nSPS) is 9.75. The monoisotopic (exact) mass is 220 g/mol. The van der Waals surface area contributed by atoms with Crippen LogP contribution >= 0.6 is 0 Å². The zero-order valence-electron chi connectivity index (χ0n) is 10.5. The molecule has 0 saturated carbocycles. The van der Waals surface area contributed by atoms with E-state index in [4.69, 9.17) is 0 Å². The van der Waals surface area contributed by atoms with Crippen LogP contribution in [0.2, 0.25) is 0 Å². The molecule has 0 fully saturated rings. The number of aromatic amines is 1. The second-order valence-corrected chi connectivity index (χ2v) is 3.71. The van der Waals surface area contributed by atoms with Crippen molar-refractivity contribution in [3.8, 4) is 0 Å². The maximum absolute atomic E-state index is 4.08. The number of nitrogens with one attached hydrogen (secondary N) is 1. The SMILES string of the molecule is CCc1ncc(C)[nH]1.CCn1cnc(C)c1. The van der Waals surface area contributed by atoms with Crippen LogP contribution in [0.5, 0.6) is 0 Å². The van der Waals surface area contributed by atoms with E-state index in [0.29, 0.717) is 0 Å². The Labute approximate surface area is 96.8 Å². The summed E-state index contributed by atoms with van der Waals surface area (Å²) in [5.41, 5.74) is 2.23. The molecular formula is C12H20N4. The Hall–Kier alpha value is -1.58. The molecule has 0 spiro atoms. The van der Waals surface area contributed by atoms with Crippen molar-refractivity contribution in [3.05, 3.63) is 35.9 Å². The van der Waals surface area contributed by atoms with E-state index in [9.17, 15) is 0 Å². The fourth-order valence-corrected chi connectivity index (χ4v) is 1.29. The van der Waals surface area contributed by atoms with Crippen LogP contribution in [0.15, 0.2) is 18.7 Å². The lowest BCUT2D eigenvalue weighted by Crippen LogP contribution is -1.86. The van der Waals surface area contributed by atoms with Crippen LogP contribution in [0.4, 0.5) is 0 Å². The summed E-state index contributed by atoms with van der Waals surface area (Å²) in [5, 5.41) is 0. The van der Waals surface area contributed by atoms with Gasteiger partial charge in [-0.25, -0.2) is 9.97 Å². The summed E-state index contributed by atoms with van der Waals surface area (Å²) in [5.74, 6) is 1.07. The van der Waals surface area contributed by atoms with Gasteiger partial charge in [0.1, 0.15) is 5.82 Å². The molecule has 0 atom stereocenters. The standard InChI is InChI=1S/2C6H10N2/c1-3-8-4-6(2)7-5-8;1-3-6-7-4-5(2)8-6/h4-5H,3H2,1-2H3;4H,3H2,1-2H3,(H,7,8). The fourth-order valence-electron chi connectivity index (χ4n) is 1.29. The first-order valence-electron chi connectivity index (χ1n) is 5.64. The van der Waals surface area contributed by atoms with Gasteiger partial charge in [-0.05, 0) is 20.8 Å². The zero-order chi connectivity index (χ0) is 12.0. The maximum Gasteiger partial charge on any atom is 0.105 e. The molecule has 16 heavy (non-hydrogen) atoms. The maximum atomic E-state index is 4.08. The Morgan fingerprint density at radius 1 is 1.25 bits per heavy atom. The Balaban J connectivity index is 0.000000160. The summed E-state index contributed by atoms with van der Waals surface area (Å²) in [6.07, 6.45) is 6.71. The van der Waals surface area contributed by atoms with E-state index in [1.54, 1.807) is 0 Å².